The Labute approximate surface area is 195 Å². The van der Waals surface area contributed by atoms with Gasteiger partial charge in [0, 0.05) is 25.7 Å². The summed E-state index contributed by atoms with van der Waals surface area (Å²) in [4.78, 5) is 17.5. The van der Waals surface area contributed by atoms with E-state index < -0.39 is 15.9 Å². The maximum absolute atomic E-state index is 13.6. The van der Waals surface area contributed by atoms with Crippen LogP contribution in [0.4, 0.5) is 4.39 Å². The number of fused-ring (bicyclic) bond motifs is 1. The van der Waals surface area contributed by atoms with Gasteiger partial charge in [0.2, 0.25) is 10.0 Å². The second-order valence-corrected chi connectivity index (χ2v) is 10.5. The molecule has 4 aromatic rings. The first-order valence-corrected chi connectivity index (χ1v) is 12.5. The highest BCUT2D eigenvalue weighted by molar-refractivity contribution is 7.89. The van der Waals surface area contributed by atoms with E-state index in [1.807, 2.05) is 41.8 Å². The van der Waals surface area contributed by atoms with Crippen molar-refractivity contribution in [3.05, 3.63) is 94.5 Å². The number of benzene rings is 3. The summed E-state index contributed by atoms with van der Waals surface area (Å²) in [6.45, 7) is 2.73. The van der Waals surface area contributed by atoms with E-state index in [0.29, 0.717) is 16.0 Å². The summed E-state index contributed by atoms with van der Waals surface area (Å²) in [7, 11) is -2.20. The van der Waals surface area contributed by atoms with Crippen LogP contribution in [0.5, 0.6) is 0 Å². The number of rotatable bonds is 6. The molecule has 0 aliphatic carbocycles. The van der Waals surface area contributed by atoms with Gasteiger partial charge in [-0.15, -0.1) is 0 Å². The summed E-state index contributed by atoms with van der Waals surface area (Å²) in [5.41, 5.74) is 1.95. The van der Waals surface area contributed by atoms with E-state index in [-0.39, 0.29) is 22.8 Å². The van der Waals surface area contributed by atoms with E-state index in [4.69, 9.17) is 0 Å². The molecule has 0 bridgehead atoms. The van der Waals surface area contributed by atoms with Crippen molar-refractivity contribution in [2.75, 3.05) is 7.05 Å². The smallest absolute Gasteiger partial charge is 0.279 e. The second-order valence-electron chi connectivity index (χ2n) is 7.43. The molecule has 0 aliphatic heterocycles. The van der Waals surface area contributed by atoms with Crippen LogP contribution in [0.3, 0.4) is 0 Å². The van der Waals surface area contributed by atoms with E-state index in [1.54, 1.807) is 6.07 Å². The number of hydrogen-bond donors (Lipinski definition) is 0. The predicted molar refractivity (Wildman–Crippen MR) is 127 cm³/mol. The van der Waals surface area contributed by atoms with Gasteiger partial charge in [0.1, 0.15) is 5.82 Å². The fourth-order valence-corrected chi connectivity index (χ4v) is 5.74. The van der Waals surface area contributed by atoms with E-state index in [1.165, 1.54) is 59.1 Å². The maximum atomic E-state index is 13.6. The lowest BCUT2D eigenvalue weighted by Gasteiger charge is -2.17. The molecule has 0 saturated carbocycles. The van der Waals surface area contributed by atoms with Crippen molar-refractivity contribution in [3.63, 3.8) is 0 Å². The largest absolute Gasteiger partial charge is 0.317 e. The van der Waals surface area contributed by atoms with E-state index in [2.05, 4.69) is 4.99 Å². The van der Waals surface area contributed by atoms with E-state index in [0.717, 1.165) is 11.1 Å². The monoisotopic (exact) mass is 483 g/mol. The Kier molecular flexibility index (Phi) is 6.55. The van der Waals surface area contributed by atoms with Gasteiger partial charge in [-0.25, -0.2) is 12.8 Å². The minimum atomic E-state index is -3.72. The van der Waals surface area contributed by atoms with Gasteiger partial charge in [-0.2, -0.15) is 9.30 Å². The van der Waals surface area contributed by atoms with Crippen LogP contribution in [-0.2, 0) is 23.1 Å². The zero-order valence-corrected chi connectivity index (χ0v) is 19.7. The van der Waals surface area contributed by atoms with Gasteiger partial charge in [-0.05, 0) is 55.0 Å². The molecule has 3 aromatic carbocycles. The Bertz CT molecular complexity index is 1480. The first-order valence-electron chi connectivity index (χ1n) is 10.3. The number of carbonyl (C=O) groups excluding carboxylic acids is 1. The minimum absolute atomic E-state index is 0.0958. The van der Waals surface area contributed by atoms with Crippen molar-refractivity contribution >= 4 is 37.5 Å². The summed E-state index contributed by atoms with van der Waals surface area (Å²) >= 11 is 1.23. The lowest BCUT2D eigenvalue weighted by Crippen LogP contribution is -2.26. The molecule has 1 amide bonds. The van der Waals surface area contributed by atoms with Gasteiger partial charge in [0.25, 0.3) is 5.91 Å². The van der Waals surface area contributed by atoms with Gasteiger partial charge < -0.3 is 4.57 Å². The molecule has 33 heavy (non-hydrogen) atoms. The summed E-state index contributed by atoms with van der Waals surface area (Å²) in [5, 5.41) is 0. The Balaban J connectivity index is 1.59. The van der Waals surface area contributed by atoms with Gasteiger partial charge in [0.05, 0.1) is 15.1 Å². The number of thiazole rings is 1. The zero-order chi connectivity index (χ0) is 23.6. The SMILES string of the molecule is CCn1c(=NC(=O)c2ccc(S(=O)(=O)N(C)Cc3ccccc3)cc2)sc2cc(F)ccc21. The molecule has 170 valence electrons. The molecule has 9 heteroatoms. The molecule has 1 aromatic heterocycles. The van der Waals surface area contributed by atoms with E-state index >= 15 is 0 Å². The number of halogens is 1. The van der Waals surface area contributed by atoms with Gasteiger partial charge in [0.15, 0.2) is 4.80 Å². The number of sulfonamides is 1. The maximum Gasteiger partial charge on any atom is 0.279 e. The third-order valence-corrected chi connectivity index (χ3v) is 8.07. The second kappa shape index (κ2) is 9.38. The minimum Gasteiger partial charge on any atom is -0.317 e. The molecule has 0 fully saturated rings. The molecule has 0 unspecified atom stereocenters. The average Bonchev–Trinajstić information content (AvgIpc) is 3.15. The molecule has 0 radical (unpaired) electrons. The lowest BCUT2D eigenvalue weighted by molar-refractivity contribution is 0.0997. The van der Waals surface area contributed by atoms with Crippen LogP contribution in [0.25, 0.3) is 10.2 Å². The molecule has 0 N–H and O–H groups in total. The number of carbonyl (C=O) groups is 1. The normalized spacial score (nSPS) is 12.5. The third kappa shape index (κ3) is 4.80. The fourth-order valence-electron chi connectivity index (χ4n) is 3.46. The van der Waals surface area contributed by atoms with E-state index in [9.17, 15) is 17.6 Å². The molecule has 0 spiro atoms. The molecule has 6 nitrogen and oxygen atoms in total. The van der Waals surface area contributed by atoms with Crippen molar-refractivity contribution in [2.24, 2.45) is 4.99 Å². The summed E-state index contributed by atoms with van der Waals surface area (Å²) in [6, 6.07) is 19.5. The highest BCUT2D eigenvalue weighted by Gasteiger charge is 2.21. The Hall–Kier alpha value is -3.14. The van der Waals surface area contributed by atoms with Crippen LogP contribution in [0, 0.1) is 5.82 Å². The highest BCUT2D eigenvalue weighted by Crippen LogP contribution is 2.20. The predicted octanol–water partition coefficient (Wildman–Crippen LogP) is 4.42. The van der Waals surface area contributed by atoms with Crippen molar-refractivity contribution in [3.8, 4) is 0 Å². The van der Waals surface area contributed by atoms with Gasteiger partial charge in [-0.1, -0.05) is 41.7 Å². The van der Waals surface area contributed by atoms with Crippen LogP contribution in [0.15, 0.2) is 82.7 Å². The van der Waals surface area contributed by atoms with Crippen molar-refractivity contribution in [1.29, 1.82) is 0 Å². The quantitative estimate of drug-likeness (QED) is 0.408. The molecule has 0 atom stereocenters. The van der Waals surface area contributed by atoms with Crippen molar-refractivity contribution in [2.45, 2.75) is 24.9 Å². The number of hydrogen-bond acceptors (Lipinski definition) is 4. The number of amides is 1. The molecule has 4 rings (SSSR count). The van der Waals surface area contributed by atoms with Crippen molar-refractivity contribution in [1.82, 2.24) is 8.87 Å². The Morgan fingerprint density at radius 3 is 2.42 bits per heavy atom. The Morgan fingerprint density at radius 2 is 1.76 bits per heavy atom. The van der Waals surface area contributed by atoms with Crippen LogP contribution in [0.1, 0.15) is 22.8 Å². The van der Waals surface area contributed by atoms with Crippen LogP contribution in [-0.4, -0.2) is 30.2 Å². The summed E-state index contributed by atoms with van der Waals surface area (Å²) < 4.78 is 43.2. The molecular weight excluding hydrogens is 461 g/mol. The topological polar surface area (TPSA) is 71.7 Å². The number of nitrogens with zero attached hydrogens (tertiary/aromatic N) is 3. The van der Waals surface area contributed by atoms with Crippen LogP contribution < -0.4 is 4.80 Å². The molecule has 0 aliphatic rings. The first kappa shape index (κ1) is 23.0. The summed E-state index contributed by atoms with van der Waals surface area (Å²) in [6.07, 6.45) is 0. The van der Waals surface area contributed by atoms with Gasteiger partial charge >= 0.3 is 0 Å². The highest BCUT2D eigenvalue weighted by atomic mass is 32.2. The molecule has 1 heterocycles. The lowest BCUT2D eigenvalue weighted by atomic mass is 10.2. The third-order valence-electron chi connectivity index (χ3n) is 5.22. The van der Waals surface area contributed by atoms with Crippen molar-refractivity contribution < 1.29 is 17.6 Å². The fraction of sp³-hybridized carbons (Fsp3) is 0.167. The van der Waals surface area contributed by atoms with Crippen LogP contribution in [0.2, 0.25) is 0 Å². The summed E-state index contributed by atoms with van der Waals surface area (Å²) in [5.74, 6) is -0.843. The van der Waals surface area contributed by atoms with Crippen LogP contribution >= 0.6 is 11.3 Å². The number of aryl methyl sites for hydroxylation is 1. The zero-order valence-electron chi connectivity index (χ0n) is 18.1. The number of aromatic nitrogens is 1. The standard InChI is InChI=1S/C24H22FN3O3S2/c1-3-28-21-14-11-19(25)15-22(21)32-24(28)26-23(29)18-9-12-20(13-10-18)33(30,31)27(2)16-17-7-5-4-6-8-17/h4-15H,3,16H2,1-2H3. The van der Waals surface area contributed by atoms with Gasteiger partial charge in [-0.3, -0.25) is 4.79 Å². The first-order chi connectivity index (χ1) is 15.8. The average molecular weight is 484 g/mol. The molecule has 0 saturated heterocycles. The Morgan fingerprint density at radius 1 is 1.06 bits per heavy atom. The molecular formula is C24H22FN3O3S2.